The monoisotopic (exact) mass is 250 g/mol. The van der Waals surface area contributed by atoms with Gasteiger partial charge in [-0.3, -0.25) is 4.90 Å². The Balaban J connectivity index is 2.65. The molecular weight excluding hydrogens is 224 g/mol. The highest BCUT2D eigenvalue weighted by molar-refractivity contribution is 5.17. The van der Waals surface area contributed by atoms with Crippen molar-refractivity contribution in [3.8, 4) is 0 Å². The molecule has 0 aromatic carbocycles. The molecule has 0 aliphatic rings. The van der Waals surface area contributed by atoms with Crippen molar-refractivity contribution in [3.05, 3.63) is 36.3 Å². The quantitative estimate of drug-likeness (QED) is 0.718. The largest absolute Gasteiger partial charge is 0.468 e. The fourth-order valence-electron chi connectivity index (χ4n) is 1.80. The van der Waals surface area contributed by atoms with E-state index < -0.39 is 0 Å². The van der Waals surface area contributed by atoms with E-state index in [1.165, 1.54) is 5.56 Å². The van der Waals surface area contributed by atoms with Crippen LogP contribution in [-0.2, 0) is 13.1 Å². The van der Waals surface area contributed by atoms with Crippen LogP contribution >= 0.6 is 0 Å². The third kappa shape index (κ3) is 4.67. The zero-order chi connectivity index (χ0) is 13.5. The van der Waals surface area contributed by atoms with Crippen molar-refractivity contribution in [3.63, 3.8) is 0 Å². The fraction of sp³-hybridized carbons (Fsp3) is 0.600. The third-order valence-electron chi connectivity index (χ3n) is 2.98. The Bertz CT molecular complexity index is 355. The third-order valence-corrected chi connectivity index (χ3v) is 2.98. The molecule has 3 nitrogen and oxygen atoms in total. The first kappa shape index (κ1) is 15.0. The molecule has 1 N–H and O–H groups in total. The number of nitrogens with zero attached hydrogens (tertiary/aromatic N) is 1. The Kier molecular flexibility index (Phi) is 6.16. The van der Waals surface area contributed by atoms with Gasteiger partial charge in [-0.15, -0.1) is 6.58 Å². The van der Waals surface area contributed by atoms with Crippen LogP contribution in [0, 0.1) is 0 Å². The highest BCUT2D eigenvalue weighted by atomic mass is 16.3. The van der Waals surface area contributed by atoms with Crippen LogP contribution in [0.25, 0.3) is 0 Å². The second-order valence-corrected chi connectivity index (χ2v) is 5.22. The second kappa shape index (κ2) is 7.39. The molecule has 1 aromatic rings. The van der Waals surface area contributed by atoms with Crippen molar-refractivity contribution in [2.45, 2.75) is 52.9 Å². The standard InChI is InChI=1S/C15H26N2O/c1-6-8-17(13(4)5)11-14-7-9-18-15(14)10-16-12(2)3/h6-7,9,12-13,16H,1,8,10-11H2,2-5H3. The van der Waals surface area contributed by atoms with Crippen LogP contribution < -0.4 is 5.32 Å². The molecular formula is C15H26N2O. The molecule has 0 aliphatic heterocycles. The van der Waals surface area contributed by atoms with Crippen molar-refractivity contribution in [2.75, 3.05) is 6.54 Å². The highest BCUT2D eigenvalue weighted by Gasteiger charge is 2.13. The predicted molar refractivity (Wildman–Crippen MR) is 76.4 cm³/mol. The van der Waals surface area contributed by atoms with E-state index in [-0.39, 0.29) is 0 Å². The van der Waals surface area contributed by atoms with Gasteiger partial charge in [0, 0.05) is 30.7 Å². The van der Waals surface area contributed by atoms with Gasteiger partial charge in [0.15, 0.2) is 0 Å². The molecule has 1 heterocycles. The van der Waals surface area contributed by atoms with E-state index >= 15 is 0 Å². The maximum Gasteiger partial charge on any atom is 0.122 e. The maximum absolute atomic E-state index is 5.56. The van der Waals surface area contributed by atoms with Gasteiger partial charge in [-0.2, -0.15) is 0 Å². The number of hydrogen-bond acceptors (Lipinski definition) is 3. The van der Waals surface area contributed by atoms with Gasteiger partial charge in [0.05, 0.1) is 12.8 Å². The van der Waals surface area contributed by atoms with Gasteiger partial charge in [0.2, 0.25) is 0 Å². The van der Waals surface area contributed by atoms with Crippen molar-refractivity contribution in [1.82, 2.24) is 10.2 Å². The van der Waals surface area contributed by atoms with Gasteiger partial charge < -0.3 is 9.73 Å². The first-order chi connectivity index (χ1) is 8.54. The van der Waals surface area contributed by atoms with Crippen LogP contribution in [0.2, 0.25) is 0 Å². The lowest BCUT2D eigenvalue weighted by molar-refractivity contribution is 0.235. The van der Waals surface area contributed by atoms with Crippen molar-refractivity contribution in [2.24, 2.45) is 0 Å². The number of hydrogen-bond donors (Lipinski definition) is 1. The molecule has 0 bridgehead atoms. The lowest BCUT2D eigenvalue weighted by atomic mass is 10.2. The average molecular weight is 250 g/mol. The molecule has 0 aliphatic carbocycles. The van der Waals surface area contributed by atoms with Crippen LogP contribution in [-0.4, -0.2) is 23.5 Å². The zero-order valence-corrected chi connectivity index (χ0v) is 12.1. The summed E-state index contributed by atoms with van der Waals surface area (Å²) < 4.78 is 5.56. The smallest absolute Gasteiger partial charge is 0.122 e. The molecule has 0 amide bonds. The minimum atomic E-state index is 0.470. The Labute approximate surface area is 111 Å². The molecule has 0 saturated heterocycles. The molecule has 0 radical (unpaired) electrons. The SMILES string of the molecule is C=CCN(Cc1ccoc1CNC(C)C)C(C)C. The van der Waals surface area contributed by atoms with Gasteiger partial charge in [0.1, 0.15) is 5.76 Å². The van der Waals surface area contributed by atoms with Crippen LogP contribution in [0.4, 0.5) is 0 Å². The molecule has 102 valence electrons. The summed E-state index contributed by atoms with van der Waals surface area (Å²) in [5.41, 5.74) is 1.26. The summed E-state index contributed by atoms with van der Waals surface area (Å²) in [5.74, 6) is 1.04. The molecule has 0 spiro atoms. The number of furan rings is 1. The molecule has 3 heteroatoms. The van der Waals surface area contributed by atoms with Gasteiger partial charge in [-0.05, 0) is 19.9 Å². The molecule has 0 unspecified atom stereocenters. The fourth-order valence-corrected chi connectivity index (χ4v) is 1.80. The highest BCUT2D eigenvalue weighted by Crippen LogP contribution is 2.15. The summed E-state index contributed by atoms with van der Waals surface area (Å²) in [6, 6.07) is 3.04. The summed E-state index contributed by atoms with van der Waals surface area (Å²) in [7, 11) is 0. The molecule has 1 rings (SSSR count). The second-order valence-electron chi connectivity index (χ2n) is 5.22. The van der Waals surface area contributed by atoms with E-state index in [4.69, 9.17) is 4.42 Å². The molecule has 0 saturated carbocycles. The van der Waals surface area contributed by atoms with Crippen LogP contribution in [0.5, 0.6) is 0 Å². The minimum absolute atomic E-state index is 0.470. The minimum Gasteiger partial charge on any atom is -0.468 e. The molecule has 18 heavy (non-hydrogen) atoms. The number of rotatable bonds is 8. The Morgan fingerprint density at radius 3 is 2.67 bits per heavy atom. The van der Waals surface area contributed by atoms with E-state index in [1.54, 1.807) is 6.26 Å². The normalized spacial score (nSPS) is 11.7. The zero-order valence-electron chi connectivity index (χ0n) is 12.1. The number of nitrogens with one attached hydrogen (secondary N) is 1. The van der Waals surface area contributed by atoms with Gasteiger partial charge in [0.25, 0.3) is 0 Å². The Morgan fingerprint density at radius 2 is 2.11 bits per heavy atom. The van der Waals surface area contributed by atoms with E-state index in [9.17, 15) is 0 Å². The lowest BCUT2D eigenvalue weighted by Gasteiger charge is -2.24. The first-order valence-electron chi connectivity index (χ1n) is 6.68. The molecule has 1 aromatic heterocycles. The lowest BCUT2D eigenvalue weighted by Crippen LogP contribution is -2.31. The predicted octanol–water partition coefficient (Wildman–Crippen LogP) is 3.17. The van der Waals surface area contributed by atoms with Crippen LogP contribution in [0.15, 0.2) is 29.4 Å². The Hall–Kier alpha value is -1.06. The van der Waals surface area contributed by atoms with E-state index in [0.717, 1.165) is 25.4 Å². The first-order valence-corrected chi connectivity index (χ1v) is 6.68. The van der Waals surface area contributed by atoms with E-state index in [1.807, 2.05) is 6.08 Å². The summed E-state index contributed by atoms with van der Waals surface area (Å²) in [6.07, 6.45) is 3.73. The summed E-state index contributed by atoms with van der Waals surface area (Å²) in [4.78, 5) is 2.37. The van der Waals surface area contributed by atoms with Crippen LogP contribution in [0.1, 0.15) is 39.0 Å². The van der Waals surface area contributed by atoms with Gasteiger partial charge in [-0.1, -0.05) is 19.9 Å². The van der Waals surface area contributed by atoms with E-state index in [0.29, 0.717) is 12.1 Å². The topological polar surface area (TPSA) is 28.4 Å². The molecule has 0 atom stereocenters. The van der Waals surface area contributed by atoms with Crippen molar-refractivity contribution < 1.29 is 4.42 Å². The Morgan fingerprint density at radius 1 is 1.39 bits per heavy atom. The van der Waals surface area contributed by atoms with Crippen LogP contribution in [0.3, 0.4) is 0 Å². The van der Waals surface area contributed by atoms with Gasteiger partial charge in [-0.25, -0.2) is 0 Å². The maximum atomic E-state index is 5.56. The molecule has 0 fully saturated rings. The summed E-state index contributed by atoms with van der Waals surface area (Å²) in [6.45, 7) is 15.1. The van der Waals surface area contributed by atoms with Gasteiger partial charge >= 0.3 is 0 Å². The van der Waals surface area contributed by atoms with Crippen molar-refractivity contribution in [1.29, 1.82) is 0 Å². The van der Waals surface area contributed by atoms with Crippen molar-refractivity contribution >= 4 is 0 Å². The summed E-state index contributed by atoms with van der Waals surface area (Å²) in [5, 5.41) is 3.39. The summed E-state index contributed by atoms with van der Waals surface area (Å²) >= 11 is 0. The van der Waals surface area contributed by atoms with E-state index in [2.05, 4.69) is 50.6 Å². The average Bonchev–Trinajstić information content (AvgIpc) is 2.73.